The highest BCUT2D eigenvalue weighted by atomic mass is 16.5. The lowest BCUT2D eigenvalue weighted by molar-refractivity contribution is -0.0227. The minimum absolute atomic E-state index is 0.00694. The molecule has 55 heavy (non-hydrogen) atoms. The van der Waals surface area contributed by atoms with E-state index in [1.165, 1.54) is 96.8 Å². The summed E-state index contributed by atoms with van der Waals surface area (Å²) >= 11 is 0. The molecule has 3 atom stereocenters. The molecule has 9 fully saturated rings. The number of benzene rings is 3. The zero-order chi connectivity index (χ0) is 38.9. The van der Waals surface area contributed by atoms with Crippen LogP contribution in [0, 0.1) is 17.8 Å². The largest absolute Gasteiger partial charge is 0.508 e. The van der Waals surface area contributed by atoms with Crippen LogP contribution in [0.15, 0.2) is 72.8 Å². The van der Waals surface area contributed by atoms with Gasteiger partial charge in [-0.15, -0.1) is 0 Å². The summed E-state index contributed by atoms with van der Waals surface area (Å²) in [5.41, 5.74) is 1.56. The molecule has 0 aromatic heterocycles. The highest BCUT2D eigenvalue weighted by Gasteiger charge is 2.37. The summed E-state index contributed by atoms with van der Waals surface area (Å²) in [6.45, 7) is 13.3. The number of ether oxygens (including phenoxy) is 2. The molecule has 3 aromatic carbocycles. The zero-order valence-electron chi connectivity index (χ0n) is 32.2. The van der Waals surface area contributed by atoms with Crippen molar-refractivity contribution in [2.45, 2.75) is 70.7 Å². The second-order valence-electron chi connectivity index (χ2n) is 15.8. The van der Waals surface area contributed by atoms with Gasteiger partial charge in [-0.2, -0.15) is 0 Å². The molecular formula is C44H57N3O8. The van der Waals surface area contributed by atoms with Gasteiger partial charge in [0.1, 0.15) is 29.5 Å². The number of nitrogens with zero attached hydrogens (tertiary/aromatic N) is 3. The second-order valence-corrected chi connectivity index (χ2v) is 15.8. The highest BCUT2D eigenvalue weighted by Crippen LogP contribution is 2.32. The minimum atomic E-state index is -0.908. The van der Waals surface area contributed by atoms with Crippen LogP contribution in [0.5, 0.6) is 17.2 Å². The third-order valence-electron chi connectivity index (χ3n) is 12.0. The van der Waals surface area contributed by atoms with Gasteiger partial charge in [0.25, 0.3) is 0 Å². The molecule has 0 saturated carbocycles. The molecule has 0 radical (unpaired) electrons. The summed E-state index contributed by atoms with van der Waals surface area (Å²) < 4.78 is 12.1. The number of aliphatic hydroxyl groups is 1. The number of fused-ring (bicyclic) bond motifs is 9. The van der Waals surface area contributed by atoms with Crippen LogP contribution in [0.25, 0.3) is 0 Å². The Balaban J connectivity index is 0.000000130. The lowest BCUT2D eigenvalue weighted by Gasteiger charge is -2.44. The van der Waals surface area contributed by atoms with E-state index in [0.717, 1.165) is 30.9 Å². The summed E-state index contributed by atoms with van der Waals surface area (Å²) in [5.74, 6) is 2.75. The molecule has 11 heteroatoms. The van der Waals surface area contributed by atoms with E-state index >= 15 is 0 Å². The number of aliphatic hydroxyl groups excluding tert-OH is 1. The zero-order valence-corrected chi connectivity index (χ0v) is 32.2. The molecule has 12 rings (SSSR count). The lowest BCUT2D eigenvalue weighted by Crippen LogP contribution is -2.52. The van der Waals surface area contributed by atoms with E-state index in [1.54, 1.807) is 37.3 Å². The normalized spacial score (nSPS) is 29.5. The number of aromatic carboxylic acids is 1. The fourth-order valence-electron chi connectivity index (χ4n) is 8.59. The van der Waals surface area contributed by atoms with Crippen LogP contribution in [0.3, 0.4) is 0 Å². The summed E-state index contributed by atoms with van der Waals surface area (Å²) in [6.07, 6.45) is 7.85. The highest BCUT2D eigenvalue weighted by molar-refractivity contribution is 5.94. The first-order valence-corrected chi connectivity index (χ1v) is 19.9. The molecule has 3 aromatic rings. The summed E-state index contributed by atoms with van der Waals surface area (Å²) in [7, 11) is 0. The van der Waals surface area contributed by atoms with Gasteiger partial charge >= 0.3 is 5.97 Å². The number of rotatable bonds is 7. The van der Waals surface area contributed by atoms with Crippen LogP contribution in [0.1, 0.15) is 83.4 Å². The molecule has 6 bridgehead atoms. The van der Waals surface area contributed by atoms with Gasteiger partial charge in [0.2, 0.25) is 0 Å². The Bertz CT molecular complexity index is 1660. The Morgan fingerprint density at radius 3 is 1.29 bits per heavy atom. The maximum atomic E-state index is 11.4. The van der Waals surface area contributed by atoms with E-state index in [0.29, 0.717) is 35.2 Å². The predicted octanol–water partition coefficient (Wildman–Crippen LogP) is 5.89. The Labute approximate surface area is 324 Å². The first-order valence-electron chi connectivity index (χ1n) is 19.9. The molecule has 9 saturated heterocycles. The average molecular weight is 756 g/mol. The van der Waals surface area contributed by atoms with Crippen molar-refractivity contribution < 1.29 is 39.2 Å². The van der Waals surface area contributed by atoms with Gasteiger partial charge in [0.15, 0.2) is 11.6 Å². The number of hydrogen-bond donors (Lipinski definition) is 3. The molecule has 11 nitrogen and oxygen atoms in total. The Hall–Kier alpha value is -4.29. The maximum Gasteiger partial charge on any atom is 0.335 e. The monoisotopic (exact) mass is 755 g/mol. The number of Topliss-reactive ketones (excluding diaryl/α,β-unsaturated/α-hetero) is 2. The number of carbonyl (C=O) groups is 3. The number of ketones is 2. The Morgan fingerprint density at radius 1 is 0.564 bits per heavy atom. The van der Waals surface area contributed by atoms with E-state index in [-0.39, 0.29) is 35.1 Å². The molecule has 2 unspecified atom stereocenters. The van der Waals surface area contributed by atoms with Crippen molar-refractivity contribution in [2.75, 3.05) is 58.9 Å². The summed E-state index contributed by atoms with van der Waals surface area (Å²) in [5, 5.41) is 27.2. The van der Waals surface area contributed by atoms with E-state index in [4.69, 9.17) is 19.7 Å². The van der Waals surface area contributed by atoms with Gasteiger partial charge in [-0.25, -0.2) is 4.79 Å². The van der Waals surface area contributed by atoms with Crippen LogP contribution in [0.4, 0.5) is 0 Å². The van der Waals surface area contributed by atoms with Gasteiger partial charge in [-0.05, 0) is 152 Å². The molecule has 0 aliphatic carbocycles. The molecule has 0 amide bonds. The fourth-order valence-corrected chi connectivity index (χ4v) is 8.59. The number of carboxylic acids is 1. The maximum absolute atomic E-state index is 11.4. The number of carboxylic acid groups (broad SMARTS) is 1. The number of phenols is 1. The molecule has 3 N–H and O–H groups in total. The number of hydrogen-bond acceptors (Lipinski definition) is 10. The van der Waals surface area contributed by atoms with Gasteiger partial charge in [0, 0.05) is 30.8 Å². The Morgan fingerprint density at radius 2 is 0.964 bits per heavy atom. The van der Waals surface area contributed by atoms with E-state index in [1.807, 2.05) is 30.3 Å². The number of phenolic OH excluding ortho intramolecular Hbond substituents is 1. The standard InChI is InChI=1S/C15H19NO2.C14H17NO3.C8H8O2.C7H13NO/c1-11(17)13-3-2-4-14(9-13)18-15-10-16-7-5-12(15)6-8-16;16-14(17)11-2-1-3-12(8-11)18-13-9-15-6-4-10(13)5-7-15;1-6(9)7-3-2-4-8(10)5-7;9-7-5-8-3-1-6(7)2-4-8/h2-4,9,12,15H,5-8,10H2,1H3;1-3,8,10,13H,4-7,9H2,(H,16,17);2-5,10H,1H3;6-7,9H,1-5H2/t;;;7-/m...0/s1. The number of piperidine rings is 9. The molecular weight excluding hydrogens is 698 g/mol. The van der Waals surface area contributed by atoms with Crippen molar-refractivity contribution in [3.63, 3.8) is 0 Å². The van der Waals surface area contributed by atoms with Crippen molar-refractivity contribution in [1.82, 2.24) is 14.7 Å². The Kier molecular flexibility index (Phi) is 14.0. The molecule has 9 heterocycles. The summed E-state index contributed by atoms with van der Waals surface area (Å²) in [4.78, 5) is 40.2. The lowest BCUT2D eigenvalue weighted by atomic mass is 9.86. The molecule has 9 aliphatic rings. The average Bonchev–Trinajstić information content (AvgIpc) is 3.20. The van der Waals surface area contributed by atoms with E-state index in [9.17, 15) is 19.5 Å². The van der Waals surface area contributed by atoms with Gasteiger partial charge in [0.05, 0.1) is 11.7 Å². The van der Waals surface area contributed by atoms with E-state index < -0.39 is 5.97 Å². The van der Waals surface area contributed by atoms with Crippen LogP contribution in [-0.2, 0) is 0 Å². The van der Waals surface area contributed by atoms with Gasteiger partial charge < -0.3 is 29.7 Å². The smallest absolute Gasteiger partial charge is 0.335 e. The van der Waals surface area contributed by atoms with Crippen LogP contribution in [0.2, 0.25) is 0 Å². The van der Waals surface area contributed by atoms with Crippen LogP contribution < -0.4 is 9.47 Å². The SMILES string of the molecule is CC(=O)c1cccc(O)c1.CC(=O)c1cccc(OC2CN3CCC2CC3)c1.O=C(O)c1cccc(OC2CN3CCC2CC3)c1.O[C@H]1CN2CCC1CC2. The van der Waals surface area contributed by atoms with E-state index in [2.05, 4.69) is 14.7 Å². The minimum Gasteiger partial charge on any atom is -0.508 e. The number of aromatic hydroxyl groups is 1. The third-order valence-corrected chi connectivity index (χ3v) is 12.0. The molecule has 296 valence electrons. The summed E-state index contributed by atoms with van der Waals surface area (Å²) in [6, 6.07) is 20.6. The predicted molar refractivity (Wildman–Crippen MR) is 210 cm³/mol. The van der Waals surface area contributed by atoms with Gasteiger partial charge in [-0.1, -0.05) is 30.3 Å². The number of carbonyl (C=O) groups excluding carboxylic acids is 2. The van der Waals surface area contributed by atoms with Crippen LogP contribution in [-0.4, -0.2) is 125 Å². The second kappa shape index (κ2) is 19.0. The third kappa shape index (κ3) is 11.4. The van der Waals surface area contributed by atoms with Gasteiger partial charge in [-0.3, -0.25) is 19.4 Å². The molecule has 9 aliphatic heterocycles. The van der Waals surface area contributed by atoms with Crippen molar-refractivity contribution in [3.8, 4) is 17.2 Å². The van der Waals surface area contributed by atoms with Crippen molar-refractivity contribution in [1.29, 1.82) is 0 Å². The molecule has 0 spiro atoms. The first kappa shape index (κ1) is 40.4. The topological polar surface area (TPSA) is 140 Å². The van der Waals surface area contributed by atoms with Crippen molar-refractivity contribution in [3.05, 3.63) is 89.5 Å². The first-order chi connectivity index (χ1) is 26.5. The van der Waals surface area contributed by atoms with Crippen molar-refractivity contribution >= 4 is 17.5 Å². The quantitative estimate of drug-likeness (QED) is 0.249. The fraction of sp³-hybridized carbons (Fsp3) is 0.523. The van der Waals surface area contributed by atoms with Crippen LogP contribution >= 0.6 is 0 Å². The van der Waals surface area contributed by atoms with Crippen molar-refractivity contribution in [2.24, 2.45) is 17.8 Å².